The quantitative estimate of drug-likeness (QED) is 0.451. The van der Waals surface area contributed by atoms with Gasteiger partial charge in [0.2, 0.25) is 0 Å². The third kappa shape index (κ3) is 6.76. The average molecular weight is 408 g/mol. The Labute approximate surface area is 141 Å². The molecule has 0 saturated heterocycles. The van der Waals surface area contributed by atoms with Crippen LogP contribution in [0.5, 0.6) is 5.75 Å². The molecule has 0 bridgehead atoms. The lowest BCUT2D eigenvalue weighted by molar-refractivity contribution is -0.861. The SMILES string of the molecule is CCOC(=O)c1ccc(NC(=O)C[N+](C)(C)C)cc1[O-].I. The summed E-state index contributed by atoms with van der Waals surface area (Å²) in [7, 11) is 5.67. The lowest BCUT2D eigenvalue weighted by atomic mass is 10.2. The molecule has 21 heavy (non-hydrogen) atoms. The van der Waals surface area contributed by atoms with Gasteiger partial charge in [0, 0.05) is 5.69 Å². The maximum absolute atomic E-state index is 11.8. The number of halogens is 1. The molecule has 0 spiro atoms. The molecule has 1 rings (SSSR count). The number of benzene rings is 1. The van der Waals surface area contributed by atoms with Crippen LogP contribution >= 0.6 is 24.0 Å². The Morgan fingerprint density at radius 1 is 1.29 bits per heavy atom. The Bertz CT molecular complexity index is 512. The Morgan fingerprint density at radius 3 is 2.38 bits per heavy atom. The van der Waals surface area contributed by atoms with Crippen LogP contribution in [0.4, 0.5) is 5.69 Å². The van der Waals surface area contributed by atoms with E-state index in [2.05, 4.69) is 5.32 Å². The second-order valence-corrected chi connectivity index (χ2v) is 5.43. The summed E-state index contributed by atoms with van der Waals surface area (Å²) in [5.74, 6) is -1.31. The summed E-state index contributed by atoms with van der Waals surface area (Å²) < 4.78 is 5.25. The molecule has 0 saturated carbocycles. The van der Waals surface area contributed by atoms with E-state index in [0.717, 1.165) is 0 Å². The molecule has 0 atom stereocenters. The smallest absolute Gasteiger partial charge is 0.337 e. The van der Waals surface area contributed by atoms with Crippen molar-refractivity contribution in [1.82, 2.24) is 0 Å². The molecular formula is C14H21IN2O4. The standard InChI is InChI=1S/C14H20N2O4.HI/c1-5-20-14(19)11-7-6-10(8-12(11)17)15-13(18)9-16(2,3)4;/h6-8H,5,9H2,1-4H3,(H-,15,17,18,19);1H. The van der Waals surface area contributed by atoms with Gasteiger partial charge in [-0.15, -0.1) is 24.0 Å². The van der Waals surface area contributed by atoms with Crippen LogP contribution in [0.2, 0.25) is 0 Å². The molecule has 0 aromatic heterocycles. The van der Waals surface area contributed by atoms with Crippen LogP contribution in [0.3, 0.4) is 0 Å². The Hall–Kier alpha value is -1.35. The van der Waals surface area contributed by atoms with Crippen molar-refractivity contribution in [3.8, 4) is 5.75 Å². The van der Waals surface area contributed by atoms with Crippen molar-refractivity contribution in [3.63, 3.8) is 0 Å². The van der Waals surface area contributed by atoms with Gasteiger partial charge in [-0.25, -0.2) is 4.79 Å². The third-order valence-electron chi connectivity index (χ3n) is 2.38. The molecule has 0 aliphatic rings. The molecule has 0 radical (unpaired) electrons. The highest BCUT2D eigenvalue weighted by Gasteiger charge is 2.15. The van der Waals surface area contributed by atoms with Gasteiger partial charge in [-0.3, -0.25) is 4.79 Å². The highest BCUT2D eigenvalue weighted by Crippen LogP contribution is 2.20. The van der Waals surface area contributed by atoms with Crippen LogP contribution in [0, 0.1) is 0 Å². The number of esters is 1. The molecule has 1 N–H and O–H groups in total. The minimum atomic E-state index is -0.651. The number of likely N-dealkylation sites (N-methyl/N-ethyl adjacent to an activating group) is 1. The fraction of sp³-hybridized carbons (Fsp3) is 0.429. The molecule has 0 unspecified atom stereocenters. The molecule has 6 nitrogen and oxygen atoms in total. The predicted molar refractivity (Wildman–Crippen MR) is 88.8 cm³/mol. The fourth-order valence-electron chi connectivity index (χ4n) is 1.61. The second kappa shape index (κ2) is 8.18. The number of hydrogen-bond acceptors (Lipinski definition) is 4. The number of amides is 1. The van der Waals surface area contributed by atoms with E-state index in [4.69, 9.17) is 4.74 Å². The monoisotopic (exact) mass is 408 g/mol. The fourth-order valence-corrected chi connectivity index (χ4v) is 1.61. The molecule has 0 fully saturated rings. The number of carbonyl (C=O) groups is 2. The maximum atomic E-state index is 11.8. The van der Waals surface area contributed by atoms with Crippen molar-refractivity contribution >= 4 is 41.5 Å². The van der Waals surface area contributed by atoms with Crippen LogP contribution in [0.25, 0.3) is 0 Å². The first-order chi connectivity index (χ1) is 9.23. The highest BCUT2D eigenvalue weighted by molar-refractivity contribution is 14.0. The van der Waals surface area contributed by atoms with E-state index in [1.54, 1.807) is 6.92 Å². The zero-order valence-electron chi connectivity index (χ0n) is 12.6. The summed E-state index contributed by atoms with van der Waals surface area (Å²) in [4.78, 5) is 23.2. The molecule has 0 aliphatic heterocycles. The Kier molecular flexibility index (Phi) is 7.65. The number of nitrogens with zero attached hydrogens (tertiary/aromatic N) is 1. The van der Waals surface area contributed by atoms with Gasteiger partial charge in [-0.1, -0.05) is 5.75 Å². The van der Waals surface area contributed by atoms with E-state index in [0.29, 0.717) is 10.2 Å². The summed E-state index contributed by atoms with van der Waals surface area (Å²) in [5.41, 5.74) is 0.345. The maximum Gasteiger partial charge on any atom is 0.337 e. The van der Waals surface area contributed by atoms with Gasteiger partial charge >= 0.3 is 5.97 Å². The number of quaternary nitrogens is 1. The number of carbonyl (C=O) groups excluding carboxylic acids is 2. The van der Waals surface area contributed by atoms with Gasteiger partial charge in [-0.2, -0.15) is 0 Å². The van der Waals surface area contributed by atoms with Crippen molar-refractivity contribution in [2.45, 2.75) is 6.92 Å². The molecular weight excluding hydrogens is 387 g/mol. The first-order valence-electron chi connectivity index (χ1n) is 6.31. The number of hydrogen-bond donors (Lipinski definition) is 1. The van der Waals surface area contributed by atoms with Gasteiger partial charge in [0.15, 0.2) is 6.54 Å². The van der Waals surface area contributed by atoms with Crippen LogP contribution in [-0.2, 0) is 9.53 Å². The van der Waals surface area contributed by atoms with E-state index in [-0.39, 0.29) is 48.6 Å². The topological polar surface area (TPSA) is 78.5 Å². The molecule has 7 heteroatoms. The molecule has 118 valence electrons. The normalized spacial score (nSPS) is 10.5. The molecule has 1 aromatic rings. The number of ether oxygens (including phenoxy) is 1. The Balaban J connectivity index is 0.00000400. The minimum absolute atomic E-state index is 0. The molecule has 1 amide bonds. The van der Waals surface area contributed by atoms with Gasteiger partial charge in [0.1, 0.15) is 0 Å². The van der Waals surface area contributed by atoms with Gasteiger partial charge in [0.25, 0.3) is 5.91 Å². The largest absolute Gasteiger partial charge is 0.872 e. The van der Waals surface area contributed by atoms with Gasteiger partial charge in [-0.05, 0) is 25.1 Å². The molecule has 0 heterocycles. The van der Waals surface area contributed by atoms with E-state index in [9.17, 15) is 14.7 Å². The lowest BCUT2D eigenvalue weighted by Gasteiger charge is -2.23. The predicted octanol–water partition coefficient (Wildman–Crippen LogP) is 1.20. The first kappa shape index (κ1) is 19.7. The summed E-state index contributed by atoms with van der Waals surface area (Å²) in [6.45, 7) is 2.16. The number of rotatable bonds is 5. The van der Waals surface area contributed by atoms with Crippen molar-refractivity contribution in [2.75, 3.05) is 39.6 Å². The van der Waals surface area contributed by atoms with Gasteiger partial charge in [0.05, 0.1) is 33.3 Å². The van der Waals surface area contributed by atoms with E-state index < -0.39 is 11.7 Å². The van der Waals surface area contributed by atoms with Crippen LogP contribution in [0.1, 0.15) is 17.3 Å². The average Bonchev–Trinajstić information content (AvgIpc) is 2.26. The number of nitrogens with one attached hydrogen (secondary N) is 1. The summed E-state index contributed by atoms with van der Waals surface area (Å²) in [5, 5.41) is 14.4. The minimum Gasteiger partial charge on any atom is -0.872 e. The summed E-state index contributed by atoms with van der Waals surface area (Å²) in [6, 6.07) is 4.10. The highest BCUT2D eigenvalue weighted by atomic mass is 127. The van der Waals surface area contributed by atoms with Gasteiger partial charge < -0.3 is 19.6 Å². The van der Waals surface area contributed by atoms with E-state index in [1.165, 1.54) is 18.2 Å². The summed E-state index contributed by atoms with van der Waals surface area (Å²) in [6.07, 6.45) is 0. The molecule has 0 aliphatic carbocycles. The van der Waals surface area contributed by atoms with Crippen molar-refractivity contribution in [1.29, 1.82) is 0 Å². The van der Waals surface area contributed by atoms with Crippen LogP contribution in [0.15, 0.2) is 18.2 Å². The van der Waals surface area contributed by atoms with Crippen molar-refractivity contribution in [2.24, 2.45) is 0 Å². The van der Waals surface area contributed by atoms with E-state index >= 15 is 0 Å². The van der Waals surface area contributed by atoms with Crippen molar-refractivity contribution < 1.29 is 23.9 Å². The zero-order valence-corrected chi connectivity index (χ0v) is 15.0. The lowest BCUT2D eigenvalue weighted by Crippen LogP contribution is -2.41. The second-order valence-electron chi connectivity index (χ2n) is 5.43. The Morgan fingerprint density at radius 2 is 1.90 bits per heavy atom. The molecule has 1 aromatic carbocycles. The third-order valence-corrected chi connectivity index (χ3v) is 2.38. The van der Waals surface area contributed by atoms with Crippen molar-refractivity contribution in [3.05, 3.63) is 23.8 Å². The van der Waals surface area contributed by atoms with Crippen LogP contribution in [-0.4, -0.2) is 50.7 Å². The summed E-state index contributed by atoms with van der Waals surface area (Å²) >= 11 is 0. The van der Waals surface area contributed by atoms with E-state index in [1.807, 2.05) is 21.1 Å². The number of anilines is 1. The zero-order chi connectivity index (χ0) is 15.3. The van der Waals surface area contributed by atoms with Crippen LogP contribution < -0.4 is 10.4 Å². The first-order valence-corrected chi connectivity index (χ1v) is 6.31.